The van der Waals surface area contributed by atoms with E-state index in [1.54, 1.807) is 4.52 Å². The Morgan fingerprint density at radius 1 is 1.24 bits per heavy atom. The first-order valence-electron chi connectivity index (χ1n) is 6.87. The fourth-order valence-electron chi connectivity index (χ4n) is 2.12. The van der Waals surface area contributed by atoms with Crippen LogP contribution in [-0.2, 0) is 0 Å². The molecule has 2 heterocycles. The summed E-state index contributed by atoms with van der Waals surface area (Å²) in [5, 5.41) is 4.37. The van der Waals surface area contributed by atoms with Crippen molar-refractivity contribution in [2.45, 2.75) is 13.8 Å². The van der Waals surface area contributed by atoms with E-state index in [9.17, 15) is 0 Å². The second-order valence-electron chi connectivity index (χ2n) is 5.30. The van der Waals surface area contributed by atoms with Gasteiger partial charge < -0.3 is 4.74 Å². The minimum absolute atomic E-state index is 0.245. The van der Waals surface area contributed by atoms with Crippen LogP contribution in [0, 0.1) is 5.92 Å². The van der Waals surface area contributed by atoms with Crippen LogP contribution in [0.4, 0.5) is 0 Å². The van der Waals surface area contributed by atoms with Gasteiger partial charge in [-0.05, 0) is 47.3 Å². The lowest BCUT2D eigenvalue weighted by Crippen LogP contribution is -2.04. The third-order valence-electron chi connectivity index (χ3n) is 3.06. The fraction of sp³-hybridized carbons (Fsp3) is 0.250. The van der Waals surface area contributed by atoms with Crippen LogP contribution < -0.4 is 4.74 Å². The van der Waals surface area contributed by atoms with E-state index < -0.39 is 0 Å². The van der Waals surface area contributed by atoms with Crippen LogP contribution in [0.25, 0.3) is 16.8 Å². The van der Waals surface area contributed by atoms with Crippen LogP contribution in [0.3, 0.4) is 0 Å². The summed E-state index contributed by atoms with van der Waals surface area (Å²) in [6, 6.07) is 11.9. The highest BCUT2D eigenvalue weighted by Gasteiger charge is 2.09. The molecule has 2 aromatic heterocycles. The molecule has 0 saturated carbocycles. The monoisotopic (exact) mass is 301 g/mol. The number of nitrogens with zero attached hydrogens (tertiary/aromatic N) is 3. The molecule has 3 aromatic rings. The molecule has 108 valence electrons. The number of hydrogen-bond donors (Lipinski definition) is 0. The largest absolute Gasteiger partial charge is 0.493 e. The first-order valence-corrected chi connectivity index (χ1v) is 7.25. The molecule has 0 aliphatic rings. The Morgan fingerprint density at radius 3 is 2.90 bits per heavy atom. The van der Waals surface area contributed by atoms with Crippen LogP contribution in [0.5, 0.6) is 5.75 Å². The van der Waals surface area contributed by atoms with E-state index in [1.807, 2.05) is 42.6 Å². The molecule has 0 aliphatic carbocycles. The second-order valence-corrected chi connectivity index (χ2v) is 5.64. The highest BCUT2D eigenvalue weighted by molar-refractivity contribution is 6.28. The zero-order valence-electron chi connectivity index (χ0n) is 12.0. The minimum atomic E-state index is 0.245. The molecule has 4 nitrogen and oxygen atoms in total. The van der Waals surface area contributed by atoms with Crippen molar-refractivity contribution in [2.24, 2.45) is 5.92 Å². The molecule has 0 saturated heterocycles. The van der Waals surface area contributed by atoms with Crippen molar-refractivity contribution in [2.75, 3.05) is 6.61 Å². The molecule has 21 heavy (non-hydrogen) atoms. The third kappa shape index (κ3) is 3.00. The molecule has 0 spiro atoms. The summed E-state index contributed by atoms with van der Waals surface area (Å²) in [5.41, 5.74) is 2.75. The topological polar surface area (TPSA) is 39.4 Å². The van der Waals surface area contributed by atoms with E-state index in [-0.39, 0.29) is 5.28 Å². The van der Waals surface area contributed by atoms with Crippen molar-refractivity contribution in [3.63, 3.8) is 0 Å². The molecule has 3 rings (SSSR count). The van der Waals surface area contributed by atoms with Gasteiger partial charge in [-0.1, -0.05) is 26.0 Å². The molecule has 0 aliphatic heterocycles. The van der Waals surface area contributed by atoms with Crippen molar-refractivity contribution in [1.82, 2.24) is 14.6 Å². The van der Waals surface area contributed by atoms with Gasteiger partial charge in [-0.15, -0.1) is 5.10 Å². The number of ether oxygens (including phenoxy) is 1. The number of halogens is 1. The molecule has 0 bridgehead atoms. The average Bonchev–Trinajstić information content (AvgIpc) is 2.85. The quantitative estimate of drug-likeness (QED) is 0.729. The Morgan fingerprint density at radius 2 is 2.10 bits per heavy atom. The SMILES string of the molecule is CC(C)COc1cccc(-c2cccn3nc(Cl)nc23)c1. The van der Waals surface area contributed by atoms with Crippen molar-refractivity contribution >= 4 is 17.2 Å². The predicted octanol–water partition coefficient (Wildman–Crippen LogP) is 4.08. The van der Waals surface area contributed by atoms with Crippen LogP contribution >= 0.6 is 11.6 Å². The van der Waals surface area contributed by atoms with Gasteiger partial charge in [-0.2, -0.15) is 4.98 Å². The molecule has 0 atom stereocenters. The Hall–Kier alpha value is -2.07. The van der Waals surface area contributed by atoms with Crippen LogP contribution in [-0.4, -0.2) is 21.2 Å². The lowest BCUT2D eigenvalue weighted by molar-refractivity contribution is 0.271. The Bertz CT molecular complexity index is 767. The number of rotatable bonds is 4. The summed E-state index contributed by atoms with van der Waals surface area (Å²) in [5.74, 6) is 1.35. The maximum absolute atomic E-state index is 5.89. The predicted molar refractivity (Wildman–Crippen MR) is 83.8 cm³/mol. The maximum Gasteiger partial charge on any atom is 0.243 e. The van der Waals surface area contributed by atoms with Gasteiger partial charge in [-0.25, -0.2) is 4.52 Å². The molecule has 1 aromatic carbocycles. The Balaban J connectivity index is 2.00. The van der Waals surface area contributed by atoms with Crippen LogP contribution in [0.15, 0.2) is 42.6 Å². The molecule has 0 amide bonds. The normalized spacial score (nSPS) is 11.2. The first-order chi connectivity index (χ1) is 10.1. The van der Waals surface area contributed by atoms with Gasteiger partial charge in [-0.3, -0.25) is 0 Å². The number of pyridine rings is 1. The number of fused-ring (bicyclic) bond motifs is 1. The van der Waals surface area contributed by atoms with E-state index >= 15 is 0 Å². The Kier molecular flexibility index (Phi) is 3.80. The van der Waals surface area contributed by atoms with Gasteiger partial charge >= 0.3 is 0 Å². The molecular weight excluding hydrogens is 286 g/mol. The molecule has 0 unspecified atom stereocenters. The lowest BCUT2D eigenvalue weighted by atomic mass is 10.1. The van der Waals surface area contributed by atoms with Crippen LogP contribution in [0.2, 0.25) is 5.28 Å². The van der Waals surface area contributed by atoms with Crippen LogP contribution in [0.1, 0.15) is 13.8 Å². The fourth-order valence-corrected chi connectivity index (χ4v) is 2.28. The van der Waals surface area contributed by atoms with E-state index in [2.05, 4.69) is 23.9 Å². The zero-order valence-corrected chi connectivity index (χ0v) is 12.7. The third-order valence-corrected chi connectivity index (χ3v) is 3.22. The van der Waals surface area contributed by atoms with E-state index in [1.165, 1.54) is 0 Å². The van der Waals surface area contributed by atoms with Gasteiger partial charge in [0, 0.05) is 11.8 Å². The summed E-state index contributed by atoms with van der Waals surface area (Å²) in [4.78, 5) is 4.27. The number of hydrogen-bond acceptors (Lipinski definition) is 3. The Labute approximate surface area is 128 Å². The highest BCUT2D eigenvalue weighted by Crippen LogP contribution is 2.27. The van der Waals surface area contributed by atoms with Gasteiger partial charge in [0.2, 0.25) is 5.28 Å². The summed E-state index contributed by atoms with van der Waals surface area (Å²) in [7, 11) is 0. The van der Waals surface area contributed by atoms with Crippen molar-refractivity contribution in [3.8, 4) is 16.9 Å². The molecular formula is C16H16ClN3O. The zero-order chi connectivity index (χ0) is 14.8. The van der Waals surface area contributed by atoms with Gasteiger partial charge in [0.05, 0.1) is 6.61 Å². The second kappa shape index (κ2) is 5.74. The average molecular weight is 302 g/mol. The van der Waals surface area contributed by atoms with Gasteiger partial charge in [0.15, 0.2) is 5.65 Å². The number of benzene rings is 1. The summed E-state index contributed by atoms with van der Waals surface area (Å²) >= 11 is 5.89. The highest BCUT2D eigenvalue weighted by atomic mass is 35.5. The lowest BCUT2D eigenvalue weighted by Gasteiger charge is -2.10. The van der Waals surface area contributed by atoms with Crippen molar-refractivity contribution in [1.29, 1.82) is 0 Å². The molecule has 0 N–H and O–H groups in total. The first kappa shape index (κ1) is 13.9. The maximum atomic E-state index is 5.89. The number of aromatic nitrogens is 3. The van der Waals surface area contributed by atoms with E-state index in [0.29, 0.717) is 12.5 Å². The van der Waals surface area contributed by atoms with Crippen molar-refractivity contribution in [3.05, 3.63) is 47.9 Å². The molecule has 5 heteroatoms. The molecule has 0 radical (unpaired) electrons. The van der Waals surface area contributed by atoms with E-state index in [0.717, 1.165) is 22.5 Å². The van der Waals surface area contributed by atoms with Crippen molar-refractivity contribution < 1.29 is 4.74 Å². The summed E-state index contributed by atoms with van der Waals surface area (Å²) in [6.07, 6.45) is 1.83. The molecule has 0 fully saturated rings. The van der Waals surface area contributed by atoms with E-state index in [4.69, 9.17) is 16.3 Å². The van der Waals surface area contributed by atoms with Gasteiger partial charge in [0.25, 0.3) is 0 Å². The smallest absolute Gasteiger partial charge is 0.243 e. The standard InChI is InChI=1S/C16H16ClN3O/c1-11(2)10-21-13-6-3-5-12(9-13)14-7-4-8-20-15(14)18-16(17)19-20/h3-9,11H,10H2,1-2H3. The summed E-state index contributed by atoms with van der Waals surface area (Å²) in [6.45, 7) is 4.95. The minimum Gasteiger partial charge on any atom is -0.493 e. The van der Waals surface area contributed by atoms with Gasteiger partial charge in [0.1, 0.15) is 5.75 Å². The summed E-state index contributed by atoms with van der Waals surface area (Å²) < 4.78 is 7.46.